The Bertz CT molecular complexity index is 520. The number of hydrogen-bond donors (Lipinski definition) is 1. The molecule has 0 unspecified atom stereocenters. The van der Waals surface area contributed by atoms with Crippen LogP contribution in [0.4, 0.5) is 4.79 Å². The molecule has 116 valence electrons. The van der Waals surface area contributed by atoms with E-state index in [1.807, 2.05) is 13.8 Å². The maximum atomic E-state index is 11.9. The lowest BCUT2D eigenvalue weighted by atomic mass is 9.82. The van der Waals surface area contributed by atoms with Gasteiger partial charge in [-0.15, -0.1) is 10.2 Å². The molecule has 1 aliphatic heterocycles. The van der Waals surface area contributed by atoms with E-state index in [1.54, 1.807) is 11.8 Å². The van der Waals surface area contributed by atoms with Gasteiger partial charge in [0, 0.05) is 26.6 Å². The molecule has 1 N–H and O–H groups in total. The van der Waals surface area contributed by atoms with E-state index in [4.69, 9.17) is 9.15 Å². The van der Waals surface area contributed by atoms with Gasteiger partial charge in [0.15, 0.2) is 0 Å². The molecule has 2 rings (SSSR count). The fraction of sp³-hybridized carbons (Fsp3) is 0.643. The van der Waals surface area contributed by atoms with Crippen LogP contribution in [0.2, 0.25) is 0 Å². The number of aromatic nitrogens is 2. The zero-order valence-electron chi connectivity index (χ0n) is 12.8. The summed E-state index contributed by atoms with van der Waals surface area (Å²) in [5, 5.41) is 10.7. The molecule has 0 aromatic carbocycles. The summed E-state index contributed by atoms with van der Waals surface area (Å²) in [7, 11) is 0. The number of nitrogens with zero attached hydrogens (tertiary/aromatic N) is 3. The van der Waals surface area contributed by atoms with E-state index >= 15 is 0 Å². The molecule has 1 aliphatic rings. The van der Waals surface area contributed by atoms with Gasteiger partial charge in [-0.3, -0.25) is 0 Å². The number of carbonyl (C=O) groups excluding carboxylic acids is 1. The first-order valence-electron chi connectivity index (χ1n) is 6.96. The molecule has 7 nitrogen and oxygen atoms in total. The van der Waals surface area contributed by atoms with Crippen molar-refractivity contribution in [3.63, 3.8) is 0 Å². The monoisotopic (exact) mass is 294 g/mol. The van der Waals surface area contributed by atoms with Crippen LogP contribution in [0.15, 0.2) is 16.6 Å². The molecule has 0 saturated carbocycles. The minimum absolute atomic E-state index is 0.0948. The average molecular weight is 294 g/mol. The summed E-state index contributed by atoms with van der Waals surface area (Å²) in [6, 6.07) is -0.0948. The van der Waals surface area contributed by atoms with E-state index in [1.165, 1.54) is 0 Å². The summed E-state index contributed by atoms with van der Waals surface area (Å²) < 4.78 is 10.8. The summed E-state index contributed by atoms with van der Waals surface area (Å²) >= 11 is 0. The van der Waals surface area contributed by atoms with Gasteiger partial charge < -0.3 is 19.4 Å². The van der Waals surface area contributed by atoms with Crippen molar-refractivity contribution in [3.05, 3.63) is 23.9 Å². The molecule has 0 spiro atoms. The Morgan fingerprint density at radius 3 is 2.81 bits per heavy atom. The molecule has 0 aliphatic carbocycles. The van der Waals surface area contributed by atoms with Crippen molar-refractivity contribution < 1.29 is 13.9 Å². The largest absolute Gasteiger partial charge is 0.425 e. The van der Waals surface area contributed by atoms with Crippen LogP contribution in [-0.2, 0) is 10.2 Å². The first kappa shape index (κ1) is 15.5. The van der Waals surface area contributed by atoms with Crippen molar-refractivity contribution in [2.24, 2.45) is 0 Å². The minimum Gasteiger partial charge on any atom is -0.425 e. The highest BCUT2D eigenvalue weighted by molar-refractivity contribution is 5.75. The molecule has 1 saturated heterocycles. The standard InChI is InChI=1S/C14H22N4O3/c1-10(2)7-20-6-5-15-13(19)18-8-14(4,9-18)12-17-16-11(3)21-12/h1,5-9H2,2-4H3,(H,15,19). The van der Waals surface area contributed by atoms with Gasteiger partial charge in [0.1, 0.15) is 0 Å². The van der Waals surface area contributed by atoms with E-state index in [9.17, 15) is 4.79 Å². The molecular weight excluding hydrogens is 272 g/mol. The highest BCUT2D eigenvalue weighted by Gasteiger charge is 2.46. The zero-order chi connectivity index (χ0) is 15.5. The van der Waals surface area contributed by atoms with Gasteiger partial charge in [0.2, 0.25) is 11.8 Å². The molecule has 7 heteroatoms. The van der Waals surface area contributed by atoms with Crippen LogP contribution in [0.1, 0.15) is 25.6 Å². The van der Waals surface area contributed by atoms with Crippen LogP contribution in [0.3, 0.4) is 0 Å². The zero-order valence-corrected chi connectivity index (χ0v) is 12.8. The topological polar surface area (TPSA) is 80.5 Å². The molecule has 0 bridgehead atoms. The first-order valence-corrected chi connectivity index (χ1v) is 6.96. The van der Waals surface area contributed by atoms with Crippen LogP contribution in [0, 0.1) is 6.92 Å². The Labute approximate surface area is 124 Å². The average Bonchev–Trinajstić information content (AvgIpc) is 2.81. The SMILES string of the molecule is C=C(C)COCCNC(=O)N1CC(C)(c2nnc(C)o2)C1. The highest BCUT2D eigenvalue weighted by Crippen LogP contribution is 2.32. The molecule has 21 heavy (non-hydrogen) atoms. The number of urea groups is 1. The van der Waals surface area contributed by atoms with Gasteiger partial charge in [-0.05, 0) is 13.8 Å². The summed E-state index contributed by atoms with van der Waals surface area (Å²) in [5.74, 6) is 1.14. The van der Waals surface area contributed by atoms with Gasteiger partial charge in [0.05, 0.1) is 18.6 Å². The van der Waals surface area contributed by atoms with Gasteiger partial charge in [-0.25, -0.2) is 4.79 Å². The van der Waals surface area contributed by atoms with Crippen molar-refractivity contribution in [2.75, 3.05) is 32.8 Å². The third kappa shape index (κ3) is 3.81. The normalized spacial score (nSPS) is 16.4. The van der Waals surface area contributed by atoms with Crippen molar-refractivity contribution in [1.82, 2.24) is 20.4 Å². The lowest BCUT2D eigenvalue weighted by molar-refractivity contribution is 0.0817. The van der Waals surface area contributed by atoms with Gasteiger partial charge in [-0.2, -0.15) is 0 Å². The van der Waals surface area contributed by atoms with Crippen molar-refractivity contribution in [2.45, 2.75) is 26.2 Å². The number of hydrogen-bond acceptors (Lipinski definition) is 5. The Balaban J connectivity index is 1.69. The van der Waals surface area contributed by atoms with Gasteiger partial charge in [0.25, 0.3) is 0 Å². The maximum absolute atomic E-state index is 11.9. The third-order valence-electron chi connectivity index (χ3n) is 3.28. The Morgan fingerprint density at radius 2 is 2.24 bits per heavy atom. The molecular formula is C14H22N4O3. The smallest absolute Gasteiger partial charge is 0.317 e. The second-order valence-corrected chi connectivity index (χ2v) is 5.78. The number of nitrogens with one attached hydrogen (secondary N) is 1. The minimum atomic E-state index is -0.241. The number of amides is 2. The number of ether oxygens (including phenoxy) is 1. The number of carbonyl (C=O) groups is 1. The van der Waals surface area contributed by atoms with E-state index < -0.39 is 0 Å². The molecule has 1 aromatic heterocycles. The molecule has 1 fully saturated rings. The van der Waals surface area contributed by atoms with Gasteiger partial charge in [-0.1, -0.05) is 12.2 Å². The van der Waals surface area contributed by atoms with Crippen molar-refractivity contribution >= 4 is 6.03 Å². The summed E-state index contributed by atoms with van der Waals surface area (Å²) in [5.41, 5.74) is 0.726. The molecule has 0 atom stereocenters. The first-order chi connectivity index (χ1) is 9.90. The summed E-state index contributed by atoms with van der Waals surface area (Å²) in [6.07, 6.45) is 0. The summed E-state index contributed by atoms with van der Waals surface area (Å²) in [6.45, 7) is 12.1. The van der Waals surface area contributed by atoms with E-state index in [-0.39, 0.29) is 11.4 Å². The maximum Gasteiger partial charge on any atom is 0.317 e. The third-order valence-corrected chi connectivity index (χ3v) is 3.28. The van der Waals surface area contributed by atoms with Crippen LogP contribution in [0.25, 0.3) is 0 Å². The van der Waals surface area contributed by atoms with Gasteiger partial charge >= 0.3 is 6.03 Å². The molecule has 1 aromatic rings. The lowest BCUT2D eigenvalue weighted by Gasteiger charge is -2.45. The van der Waals surface area contributed by atoms with Crippen molar-refractivity contribution in [1.29, 1.82) is 0 Å². The van der Waals surface area contributed by atoms with Crippen LogP contribution >= 0.6 is 0 Å². The van der Waals surface area contributed by atoms with E-state index in [0.29, 0.717) is 44.6 Å². The van der Waals surface area contributed by atoms with Crippen molar-refractivity contribution in [3.8, 4) is 0 Å². The van der Waals surface area contributed by atoms with E-state index in [0.717, 1.165) is 5.57 Å². The Hall–Kier alpha value is -1.89. The molecule has 2 heterocycles. The fourth-order valence-corrected chi connectivity index (χ4v) is 2.20. The second kappa shape index (κ2) is 6.26. The Morgan fingerprint density at radius 1 is 1.52 bits per heavy atom. The van der Waals surface area contributed by atoms with E-state index in [2.05, 4.69) is 22.1 Å². The number of rotatable bonds is 6. The molecule has 2 amide bonds. The van der Waals surface area contributed by atoms with Crippen LogP contribution in [-0.4, -0.2) is 54.0 Å². The number of aryl methyl sites for hydroxylation is 1. The summed E-state index contributed by atoms with van der Waals surface area (Å²) in [4.78, 5) is 13.6. The Kier molecular flexibility index (Phi) is 4.62. The molecule has 0 radical (unpaired) electrons. The predicted molar refractivity (Wildman–Crippen MR) is 77.0 cm³/mol. The predicted octanol–water partition coefficient (Wildman–Crippen LogP) is 1.25. The second-order valence-electron chi connectivity index (χ2n) is 5.78. The number of likely N-dealkylation sites (tertiary alicyclic amines) is 1. The van der Waals surface area contributed by atoms with Crippen LogP contribution in [0.5, 0.6) is 0 Å². The van der Waals surface area contributed by atoms with Crippen LogP contribution < -0.4 is 5.32 Å². The highest BCUT2D eigenvalue weighted by atomic mass is 16.5. The quantitative estimate of drug-likeness (QED) is 0.631. The fourth-order valence-electron chi connectivity index (χ4n) is 2.20. The lowest BCUT2D eigenvalue weighted by Crippen LogP contribution is -2.62.